The fourth-order valence-electron chi connectivity index (χ4n) is 4.92. The summed E-state index contributed by atoms with van der Waals surface area (Å²) in [6.45, 7) is 15.4. The first kappa shape index (κ1) is 21.9. The van der Waals surface area contributed by atoms with E-state index >= 15 is 0 Å². The summed E-state index contributed by atoms with van der Waals surface area (Å²) in [6.07, 6.45) is 3.68. The van der Waals surface area contributed by atoms with Crippen LogP contribution in [0.3, 0.4) is 0 Å². The zero-order valence-corrected chi connectivity index (χ0v) is 19.0. The molecule has 1 aromatic heterocycles. The van der Waals surface area contributed by atoms with Gasteiger partial charge in [-0.15, -0.1) is 0 Å². The van der Waals surface area contributed by atoms with Gasteiger partial charge in [-0.1, -0.05) is 52.8 Å². The number of hydrogen-bond donors (Lipinski definition) is 1. The van der Waals surface area contributed by atoms with Crippen molar-refractivity contribution in [1.29, 1.82) is 0 Å². The smallest absolute Gasteiger partial charge is 0.222 e. The van der Waals surface area contributed by atoms with Crippen LogP contribution in [0.1, 0.15) is 71.2 Å². The molecule has 0 aliphatic carbocycles. The van der Waals surface area contributed by atoms with E-state index in [2.05, 4.69) is 66.7 Å². The Labute approximate surface area is 176 Å². The summed E-state index contributed by atoms with van der Waals surface area (Å²) in [6, 6.07) is 8.75. The molecule has 0 bridgehead atoms. The highest BCUT2D eigenvalue weighted by atomic mass is 16.2. The predicted molar refractivity (Wildman–Crippen MR) is 122 cm³/mol. The Morgan fingerprint density at radius 1 is 1.17 bits per heavy atom. The average Bonchev–Trinajstić information content (AvgIpc) is 3.05. The molecule has 1 aliphatic heterocycles. The predicted octanol–water partition coefficient (Wildman–Crippen LogP) is 5.40. The van der Waals surface area contributed by atoms with Gasteiger partial charge in [-0.2, -0.15) is 0 Å². The maximum atomic E-state index is 12.7. The summed E-state index contributed by atoms with van der Waals surface area (Å²) in [7, 11) is 0. The Kier molecular flexibility index (Phi) is 7.39. The van der Waals surface area contributed by atoms with Crippen LogP contribution >= 0.6 is 0 Å². The maximum Gasteiger partial charge on any atom is 0.222 e. The molecule has 0 saturated heterocycles. The van der Waals surface area contributed by atoms with Crippen LogP contribution in [0.4, 0.5) is 0 Å². The van der Waals surface area contributed by atoms with Crippen LogP contribution in [0.25, 0.3) is 10.9 Å². The molecule has 0 radical (unpaired) electrons. The van der Waals surface area contributed by atoms with E-state index in [0.717, 1.165) is 45.4 Å². The molecule has 0 fully saturated rings. The van der Waals surface area contributed by atoms with Gasteiger partial charge in [-0.3, -0.25) is 4.79 Å². The number of benzene rings is 1. The Morgan fingerprint density at radius 3 is 2.52 bits per heavy atom. The minimum absolute atomic E-state index is 0.179. The molecule has 29 heavy (non-hydrogen) atoms. The van der Waals surface area contributed by atoms with Crippen molar-refractivity contribution in [3.63, 3.8) is 0 Å². The number of carbonyl (C=O) groups is 1. The van der Waals surface area contributed by atoms with Crippen LogP contribution in [0.2, 0.25) is 0 Å². The summed E-state index contributed by atoms with van der Waals surface area (Å²) < 4.78 is 0. The third kappa shape index (κ3) is 5.22. The molecule has 0 spiro atoms. The van der Waals surface area contributed by atoms with Gasteiger partial charge in [0.2, 0.25) is 5.91 Å². The summed E-state index contributed by atoms with van der Waals surface area (Å²) in [5.41, 5.74) is 3.90. The lowest BCUT2D eigenvalue weighted by atomic mass is 9.94. The number of H-pyrrole nitrogens is 1. The minimum atomic E-state index is 0.179. The Bertz CT molecular complexity index is 798. The second-order valence-corrected chi connectivity index (χ2v) is 9.46. The Balaban J connectivity index is 1.78. The molecule has 3 rings (SSSR count). The van der Waals surface area contributed by atoms with Crippen molar-refractivity contribution < 1.29 is 4.79 Å². The Hall–Kier alpha value is -1.81. The monoisotopic (exact) mass is 397 g/mol. The highest BCUT2D eigenvalue weighted by molar-refractivity contribution is 5.86. The second-order valence-electron chi connectivity index (χ2n) is 9.46. The fraction of sp³-hybridized carbons (Fsp3) is 0.640. The van der Waals surface area contributed by atoms with Gasteiger partial charge in [0.25, 0.3) is 0 Å². The molecule has 1 unspecified atom stereocenters. The van der Waals surface area contributed by atoms with Crippen LogP contribution in [-0.2, 0) is 11.2 Å². The molecule has 1 aromatic carbocycles. The van der Waals surface area contributed by atoms with Crippen molar-refractivity contribution in [2.24, 2.45) is 11.8 Å². The van der Waals surface area contributed by atoms with Gasteiger partial charge >= 0.3 is 0 Å². The maximum absolute atomic E-state index is 12.7. The van der Waals surface area contributed by atoms with E-state index in [-0.39, 0.29) is 11.9 Å². The molecule has 1 atom stereocenters. The zero-order valence-electron chi connectivity index (χ0n) is 19.0. The molecular formula is C25H39N3O. The summed E-state index contributed by atoms with van der Waals surface area (Å²) in [5.74, 6) is 1.64. The number of amides is 1. The van der Waals surface area contributed by atoms with E-state index < -0.39 is 0 Å². The number of aromatic amines is 1. The quantitative estimate of drug-likeness (QED) is 0.615. The minimum Gasteiger partial charge on any atom is -0.356 e. The van der Waals surface area contributed by atoms with Gasteiger partial charge in [0, 0.05) is 42.7 Å². The number of rotatable bonds is 9. The molecule has 1 N–H and O–H groups in total. The first-order valence-corrected chi connectivity index (χ1v) is 11.5. The number of carbonyl (C=O) groups excluding carboxylic acids is 1. The van der Waals surface area contributed by atoms with Gasteiger partial charge in [-0.25, -0.2) is 0 Å². The standard InChI is InChI=1S/C25H39N3O/c1-6-24(29)28-15-13-21-20-10-7-8-11-22(20)26-25(21)23(28)12-9-14-27(16-18(2)3)17-19(4)5/h7-8,10-11,18-19,23,26H,6,9,12-17H2,1-5H3. The van der Waals surface area contributed by atoms with Crippen LogP contribution < -0.4 is 0 Å². The molecule has 2 heterocycles. The summed E-state index contributed by atoms with van der Waals surface area (Å²) >= 11 is 0. The molecule has 4 nitrogen and oxygen atoms in total. The lowest BCUT2D eigenvalue weighted by Crippen LogP contribution is -2.40. The number of fused-ring (bicyclic) bond motifs is 3. The number of aromatic nitrogens is 1. The molecule has 4 heteroatoms. The van der Waals surface area contributed by atoms with Crippen molar-refractivity contribution in [2.45, 2.75) is 66.3 Å². The van der Waals surface area contributed by atoms with Crippen molar-refractivity contribution in [3.05, 3.63) is 35.5 Å². The van der Waals surface area contributed by atoms with E-state index in [0.29, 0.717) is 18.3 Å². The van der Waals surface area contributed by atoms with E-state index in [1.54, 1.807) is 0 Å². The second kappa shape index (κ2) is 9.80. The molecule has 0 saturated carbocycles. The number of hydrogen-bond acceptors (Lipinski definition) is 2. The molecule has 1 amide bonds. The van der Waals surface area contributed by atoms with Crippen LogP contribution in [0, 0.1) is 11.8 Å². The van der Waals surface area contributed by atoms with E-state index in [4.69, 9.17) is 0 Å². The van der Waals surface area contributed by atoms with Gasteiger partial charge < -0.3 is 14.8 Å². The van der Waals surface area contributed by atoms with Crippen molar-refractivity contribution in [1.82, 2.24) is 14.8 Å². The average molecular weight is 398 g/mol. The topological polar surface area (TPSA) is 39.3 Å². The zero-order chi connectivity index (χ0) is 21.0. The Morgan fingerprint density at radius 2 is 1.86 bits per heavy atom. The van der Waals surface area contributed by atoms with Crippen LogP contribution in [-0.4, -0.2) is 46.9 Å². The van der Waals surface area contributed by atoms with Crippen molar-refractivity contribution in [3.8, 4) is 0 Å². The highest BCUT2D eigenvalue weighted by Crippen LogP contribution is 2.37. The number of nitrogens with one attached hydrogen (secondary N) is 1. The molecular weight excluding hydrogens is 358 g/mol. The van der Waals surface area contributed by atoms with Crippen LogP contribution in [0.15, 0.2) is 24.3 Å². The third-order valence-electron chi connectivity index (χ3n) is 5.98. The summed E-state index contributed by atoms with van der Waals surface area (Å²) in [5, 5.41) is 1.33. The number of nitrogens with zero attached hydrogens (tertiary/aromatic N) is 2. The van der Waals surface area contributed by atoms with Gasteiger partial charge in [0.1, 0.15) is 0 Å². The molecule has 160 valence electrons. The van der Waals surface area contributed by atoms with Gasteiger partial charge in [0.05, 0.1) is 6.04 Å². The lowest BCUT2D eigenvalue weighted by molar-refractivity contribution is -0.134. The van der Waals surface area contributed by atoms with E-state index in [1.807, 2.05) is 6.92 Å². The molecule has 2 aromatic rings. The first-order valence-electron chi connectivity index (χ1n) is 11.5. The fourth-order valence-corrected chi connectivity index (χ4v) is 4.92. The van der Waals surface area contributed by atoms with E-state index in [1.165, 1.54) is 22.2 Å². The number of para-hydroxylation sites is 1. The lowest BCUT2D eigenvalue weighted by Gasteiger charge is -2.36. The first-order chi connectivity index (χ1) is 13.9. The summed E-state index contributed by atoms with van der Waals surface area (Å²) in [4.78, 5) is 21.1. The van der Waals surface area contributed by atoms with Gasteiger partial charge in [0.15, 0.2) is 0 Å². The van der Waals surface area contributed by atoms with Crippen molar-refractivity contribution >= 4 is 16.8 Å². The van der Waals surface area contributed by atoms with Crippen molar-refractivity contribution in [2.75, 3.05) is 26.2 Å². The normalized spacial score (nSPS) is 17.0. The van der Waals surface area contributed by atoms with E-state index in [9.17, 15) is 4.79 Å². The largest absolute Gasteiger partial charge is 0.356 e. The van der Waals surface area contributed by atoms with Gasteiger partial charge in [-0.05, 0) is 49.3 Å². The SMILES string of the molecule is CCC(=O)N1CCc2c([nH]c3ccccc23)C1CCCN(CC(C)C)CC(C)C. The third-order valence-corrected chi connectivity index (χ3v) is 5.98. The highest BCUT2D eigenvalue weighted by Gasteiger charge is 2.32. The van der Waals surface area contributed by atoms with Crippen LogP contribution in [0.5, 0.6) is 0 Å². The molecule has 1 aliphatic rings.